The smallest absolute Gasteiger partial charge is 0.251 e. The summed E-state index contributed by atoms with van der Waals surface area (Å²) < 4.78 is 62.1. The molecule has 1 rings (SSSR count). The maximum absolute atomic E-state index is 13.1. The predicted molar refractivity (Wildman–Crippen MR) is 60.1 cm³/mol. The van der Waals surface area contributed by atoms with Crippen LogP contribution in [-0.2, 0) is 10.0 Å². The average molecular weight is 283 g/mol. The van der Waals surface area contributed by atoms with Gasteiger partial charge in [-0.25, -0.2) is 21.5 Å². The summed E-state index contributed by atoms with van der Waals surface area (Å²) in [5.74, 6) is -4.78. The van der Waals surface area contributed by atoms with Gasteiger partial charge in [0.25, 0.3) is 5.95 Å². The van der Waals surface area contributed by atoms with Gasteiger partial charge in [0.1, 0.15) is 0 Å². The number of aromatic nitrogens is 1. The molecule has 0 aliphatic heterocycles. The van der Waals surface area contributed by atoms with Crippen LogP contribution in [0.2, 0.25) is 0 Å². The quantitative estimate of drug-likeness (QED) is 0.812. The lowest BCUT2D eigenvalue weighted by atomic mass is 10.4. The lowest BCUT2D eigenvalue weighted by Gasteiger charge is -2.12. The monoisotopic (exact) mass is 283 g/mol. The summed E-state index contributed by atoms with van der Waals surface area (Å²) >= 11 is 0. The molecule has 0 aliphatic carbocycles. The molecule has 9 heteroatoms. The topological polar surface area (TPSA) is 62.3 Å². The number of anilines is 1. The summed E-state index contributed by atoms with van der Waals surface area (Å²) in [5.41, 5.74) is 0. The Morgan fingerprint density at radius 2 is 1.89 bits per heavy atom. The molecule has 0 unspecified atom stereocenters. The second kappa shape index (κ2) is 5.53. The van der Waals surface area contributed by atoms with E-state index >= 15 is 0 Å². The predicted octanol–water partition coefficient (Wildman–Crippen LogP) is 0.802. The molecule has 18 heavy (non-hydrogen) atoms. The number of halogens is 3. The van der Waals surface area contributed by atoms with Crippen LogP contribution in [0, 0.1) is 17.6 Å². The molecular weight excluding hydrogens is 271 g/mol. The Kier molecular flexibility index (Phi) is 4.52. The Morgan fingerprint density at radius 1 is 1.28 bits per heavy atom. The summed E-state index contributed by atoms with van der Waals surface area (Å²) in [6.45, 7) is -0.171. The summed E-state index contributed by atoms with van der Waals surface area (Å²) in [5, 5.41) is 2.29. The van der Waals surface area contributed by atoms with E-state index in [1.54, 1.807) is 0 Å². The lowest BCUT2D eigenvalue weighted by Crippen LogP contribution is -2.28. The largest absolute Gasteiger partial charge is 0.366 e. The maximum atomic E-state index is 13.1. The molecule has 0 aromatic carbocycles. The van der Waals surface area contributed by atoms with E-state index in [0.717, 1.165) is 4.31 Å². The molecule has 0 amide bonds. The van der Waals surface area contributed by atoms with Crippen LogP contribution >= 0.6 is 0 Å². The second-order valence-electron chi connectivity index (χ2n) is 3.62. The third-order valence-corrected chi connectivity index (χ3v) is 3.93. The van der Waals surface area contributed by atoms with E-state index in [0.29, 0.717) is 6.07 Å². The Balaban J connectivity index is 2.68. The Bertz CT molecular complexity index is 534. The molecule has 0 saturated heterocycles. The molecule has 0 spiro atoms. The molecule has 1 aromatic rings. The van der Waals surface area contributed by atoms with Gasteiger partial charge in [-0.15, -0.1) is 0 Å². The first-order valence-electron chi connectivity index (χ1n) is 4.89. The minimum Gasteiger partial charge on any atom is -0.366 e. The summed E-state index contributed by atoms with van der Waals surface area (Å²) in [4.78, 5) is 3.00. The normalized spacial score (nSPS) is 11.9. The highest BCUT2D eigenvalue weighted by atomic mass is 32.2. The number of pyridine rings is 1. The molecule has 0 aliphatic rings. The molecule has 0 atom stereocenters. The molecule has 0 radical (unpaired) electrons. The molecule has 0 saturated carbocycles. The molecule has 5 nitrogen and oxygen atoms in total. The zero-order valence-electron chi connectivity index (χ0n) is 9.74. The van der Waals surface area contributed by atoms with Crippen LogP contribution in [-0.4, -0.2) is 44.1 Å². The van der Waals surface area contributed by atoms with E-state index in [9.17, 15) is 21.6 Å². The Labute approximate surface area is 103 Å². The first-order valence-corrected chi connectivity index (χ1v) is 6.50. The Morgan fingerprint density at radius 3 is 2.44 bits per heavy atom. The summed E-state index contributed by atoms with van der Waals surface area (Å²) in [6.07, 6.45) is 0. The van der Waals surface area contributed by atoms with Gasteiger partial charge >= 0.3 is 0 Å². The molecule has 0 bridgehead atoms. The molecule has 1 heterocycles. The van der Waals surface area contributed by atoms with Gasteiger partial charge in [-0.05, 0) is 0 Å². The zero-order valence-corrected chi connectivity index (χ0v) is 10.6. The van der Waals surface area contributed by atoms with E-state index < -0.39 is 33.4 Å². The third-order valence-electron chi connectivity index (χ3n) is 2.10. The van der Waals surface area contributed by atoms with Gasteiger partial charge in [0.05, 0.1) is 5.75 Å². The van der Waals surface area contributed by atoms with Crippen molar-refractivity contribution in [1.29, 1.82) is 0 Å². The maximum Gasteiger partial charge on any atom is 0.251 e. The minimum atomic E-state index is -3.45. The van der Waals surface area contributed by atoms with Gasteiger partial charge in [-0.3, -0.25) is 0 Å². The first-order chi connectivity index (χ1) is 8.24. The van der Waals surface area contributed by atoms with Gasteiger partial charge in [-0.1, -0.05) is 0 Å². The van der Waals surface area contributed by atoms with Crippen molar-refractivity contribution in [2.45, 2.75) is 0 Å². The third kappa shape index (κ3) is 3.57. The van der Waals surface area contributed by atoms with E-state index in [-0.39, 0.29) is 12.3 Å². The minimum absolute atomic E-state index is 0.171. The van der Waals surface area contributed by atoms with Crippen LogP contribution in [0.4, 0.5) is 19.0 Å². The van der Waals surface area contributed by atoms with E-state index in [2.05, 4.69) is 10.3 Å². The molecule has 1 N–H and O–H groups in total. The number of hydrogen-bond acceptors (Lipinski definition) is 4. The number of rotatable bonds is 5. The van der Waals surface area contributed by atoms with Crippen molar-refractivity contribution in [3.63, 3.8) is 0 Å². The van der Waals surface area contributed by atoms with Crippen LogP contribution in [0.1, 0.15) is 0 Å². The SMILES string of the molecule is CN(C)S(=O)(=O)CCNc1nc(F)c(F)cc1F. The molecule has 0 fully saturated rings. The van der Waals surface area contributed by atoms with Gasteiger partial charge < -0.3 is 5.32 Å². The highest BCUT2D eigenvalue weighted by molar-refractivity contribution is 7.89. The molecule has 102 valence electrons. The highest BCUT2D eigenvalue weighted by Crippen LogP contribution is 2.13. The van der Waals surface area contributed by atoms with Crippen molar-refractivity contribution in [3.05, 3.63) is 23.6 Å². The van der Waals surface area contributed by atoms with Gasteiger partial charge in [0.2, 0.25) is 10.0 Å². The van der Waals surface area contributed by atoms with E-state index in [1.807, 2.05) is 0 Å². The van der Waals surface area contributed by atoms with Crippen LogP contribution in [0.25, 0.3) is 0 Å². The molecule has 1 aromatic heterocycles. The zero-order chi connectivity index (χ0) is 13.9. The van der Waals surface area contributed by atoms with Gasteiger partial charge in [0.15, 0.2) is 17.5 Å². The van der Waals surface area contributed by atoms with Crippen LogP contribution in [0.15, 0.2) is 6.07 Å². The van der Waals surface area contributed by atoms with Crippen molar-refractivity contribution < 1.29 is 21.6 Å². The average Bonchev–Trinajstić information content (AvgIpc) is 2.25. The Hall–Kier alpha value is -1.35. The van der Waals surface area contributed by atoms with Crippen molar-refractivity contribution in [1.82, 2.24) is 9.29 Å². The van der Waals surface area contributed by atoms with Gasteiger partial charge in [0, 0.05) is 26.7 Å². The van der Waals surface area contributed by atoms with E-state index in [1.165, 1.54) is 14.1 Å². The van der Waals surface area contributed by atoms with Crippen LogP contribution in [0.5, 0.6) is 0 Å². The highest BCUT2D eigenvalue weighted by Gasteiger charge is 2.15. The second-order valence-corrected chi connectivity index (χ2v) is 5.92. The van der Waals surface area contributed by atoms with Crippen molar-refractivity contribution in [3.8, 4) is 0 Å². The standard InChI is InChI=1S/C9H12F3N3O2S/c1-15(2)18(16,17)4-3-13-9-7(11)5-6(10)8(12)14-9/h5H,3-4H2,1-2H3,(H,13,14). The fourth-order valence-corrected chi connectivity index (χ4v) is 1.77. The first kappa shape index (κ1) is 14.7. The number of hydrogen-bond donors (Lipinski definition) is 1. The van der Waals surface area contributed by atoms with Crippen LogP contribution in [0.3, 0.4) is 0 Å². The van der Waals surface area contributed by atoms with Gasteiger partial charge in [-0.2, -0.15) is 9.37 Å². The van der Waals surface area contributed by atoms with Crippen molar-refractivity contribution in [2.75, 3.05) is 31.7 Å². The number of nitrogens with one attached hydrogen (secondary N) is 1. The molecular formula is C9H12F3N3O2S. The lowest BCUT2D eigenvalue weighted by molar-refractivity contribution is 0.466. The van der Waals surface area contributed by atoms with Crippen molar-refractivity contribution >= 4 is 15.8 Å². The fraction of sp³-hybridized carbons (Fsp3) is 0.444. The number of sulfonamides is 1. The summed E-state index contributed by atoms with van der Waals surface area (Å²) in [7, 11) is -0.741. The van der Waals surface area contributed by atoms with E-state index in [4.69, 9.17) is 0 Å². The van der Waals surface area contributed by atoms with Crippen LogP contribution < -0.4 is 5.32 Å². The number of nitrogens with zero attached hydrogens (tertiary/aromatic N) is 2. The fourth-order valence-electron chi connectivity index (χ4n) is 1.05. The van der Waals surface area contributed by atoms with Crippen molar-refractivity contribution in [2.24, 2.45) is 0 Å². The summed E-state index contributed by atoms with van der Waals surface area (Å²) in [6, 6.07) is 0.338.